The zero-order chi connectivity index (χ0) is 40.3. The van der Waals surface area contributed by atoms with Gasteiger partial charge >= 0.3 is 11.0 Å². The highest BCUT2D eigenvalue weighted by molar-refractivity contribution is 7.86. The number of rotatable bonds is 3. The van der Waals surface area contributed by atoms with Crippen molar-refractivity contribution in [2.75, 3.05) is 19.0 Å². The average Bonchev–Trinajstić information content (AvgIpc) is 3.40. The summed E-state index contributed by atoms with van der Waals surface area (Å²) in [5, 5.41) is 2.54. The Morgan fingerprint density at radius 2 is 1.11 bits per heavy atom. The first-order valence-electron chi connectivity index (χ1n) is 16.7. The third-order valence-electron chi connectivity index (χ3n) is 8.98. The fourth-order valence-electron chi connectivity index (χ4n) is 6.35. The molecular formula is C38H35F6N3O6S2. The van der Waals surface area contributed by atoms with Crippen LogP contribution in [0.4, 0.5) is 32.0 Å². The van der Waals surface area contributed by atoms with Gasteiger partial charge in [-0.05, 0) is 70.1 Å². The highest BCUT2D eigenvalue weighted by atomic mass is 32.2. The molecule has 0 saturated carbocycles. The Morgan fingerprint density at radius 3 is 1.65 bits per heavy atom. The summed E-state index contributed by atoms with van der Waals surface area (Å²) in [5.41, 5.74) is 0.926. The van der Waals surface area contributed by atoms with Crippen LogP contribution in [0, 0.1) is 0 Å². The lowest BCUT2D eigenvalue weighted by atomic mass is 9.88. The number of hydrogen-bond donors (Lipinski definition) is 0. The molecule has 0 N–H and O–H groups in total. The number of alkyl halides is 6. The predicted octanol–water partition coefficient (Wildman–Crippen LogP) is 6.98. The average molecular weight is 808 g/mol. The molecule has 0 amide bonds. The van der Waals surface area contributed by atoms with Gasteiger partial charge in [0.1, 0.15) is 13.1 Å². The summed E-state index contributed by atoms with van der Waals surface area (Å²) in [7, 11) is -8.00. The van der Waals surface area contributed by atoms with E-state index < -0.39 is 31.3 Å². The van der Waals surface area contributed by atoms with Gasteiger partial charge in [0.15, 0.2) is 32.6 Å². The lowest BCUT2D eigenvalue weighted by molar-refractivity contribution is -0.687. The van der Waals surface area contributed by atoms with Crippen LogP contribution in [0.5, 0.6) is 0 Å². The third-order valence-corrected chi connectivity index (χ3v) is 10.1. The Balaban J connectivity index is 0.000000306. The Hall–Kier alpha value is -4.84. The minimum atomic E-state index is -6.09. The van der Waals surface area contributed by atoms with E-state index in [1.807, 2.05) is 0 Å². The minimum Gasteiger partial charge on any atom is -0.741 e. The molecule has 2 aliphatic rings. The van der Waals surface area contributed by atoms with Crippen molar-refractivity contribution in [3.63, 3.8) is 0 Å². The van der Waals surface area contributed by atoms with Crippen LogP contribution in [-0.4, -0.2) is 51.1 Å². The molecular weight excluding hydrogens is 773 g/mol. The summed E-state index contributed by atoms with van der Waals surface area (Å²) in [5.74, 6) is 0. The van der Waals surface area contributed by atoms with Gasteiger partial charge in [-0.2, -0.15) is 35.5 Å². The lowest BCUT2D eigenvalue weighted by Gasteiger charge is -2.13. The standard InChI is InChI=1S/C36H35N3.2CHF3O3S/c1-37(2)32-17-16-30-23-26(12-13-31(30)25-32)10-11-27-18-22-39-21-6-8-29-15-14-28-7-5-20-38-19-4-3-9-33(38)35(28)36(29)34(39)24-27;2*2-1(3,4)8(5,6)7/h3-4,9-19,22-25H,5-8,20-21H2,1-2H3;2*(H,5,6,7)/q+2;;/p-2. The van der Waals surface area contributed by atoms with Crippen LogP contribution in [0.25, 0.3) is 45.4 Å². The molecule has 55 heavy (non-hydrogen) atoms. The van der Waals surface area contributed by atoms with E-state index in [-0.39, 0.29) is 0 Å². The molecule has 5 aromatic rings. The van der Waals surface area contributed by atoms with Crippen LogP contribution in [0.15, 0.2) is 91.3 Å². The molecule has 3 aromatic carbocycles. The van der Waals surface area contributed by atoms with E-state index in [4.69, 9.17) is 25.9 Å². The summed E-state index contributed by atoms with van der Waals surface area (Å²) < 4.78 is 123. The predicted molar refractivity (Wildman–Crippen MR) is 193 cm³/mol. The van der Waals surface area contributed by atoms with Gasteiger partial charge in [-0.25, -0.2) is 16.8 Å². The first-order valence-corrected chi connectivity index (χ1v) is 19.6. The van der Waals surface area contributed by atoms with Gasteiger partial charge in [-0.1, -0.05) is 42.5 Å². The van der Waals surface area contributed by atoms with Crippen molar-refractivity contribution < 1.29 is 61.4 Å². The number of halogens is 6. The number of hydrogen-bond acceptors (Lipinski definition) is 7. The minimum absolute atomic E-state index is 1.05. The van der Waals surface area contributed by atoms with Gasteiger partial charge < -0.3 is 14.0 Å². The second-order valence-corrected chi connectivity index (χ2v) is 15.7. The quantitative estimate of drug-likeness (QED) is 0.0834. The number of aromatic nitrogens is 2. The molecule has 9 nitrogen and oxygen atoms in total. The van der Waals surface area contributed by atoms with E-state index in [9.17, 15) is 26.3 Å². The van der Waals surface area contributed by atoms with Crippen molar-refractivity contribution in [3.8, 4) is 22.5 Å². The lowest BCUT2D eigenvalue weighted by Crippen LogP contribution is -2.36. The number of benzene rings is 3. The van der Waals surface area contributed by atoms with Crippen LogP contribution >= 0.6 is 0 Å². The molecule has 0 radical (unpaired) electrons. The van der Waals surface area contributed by atoms with Crippen molar-refractivity contribution >= 4 is 48.8 Å². The molecule has 0 bridgehead atoms. The van der Waals surface area contributed by atoms with E-state index in [0.29, 0.717) is 0 Å². The van der Waals surface area contributed by atoms with Gasteiger partial charge in [-0.15, -0.1) is 0 Å². The summed E-state index contributed by atoms with van der Waals surface area (Å²) in [6.07, 6.45) is 13.7. The van der Waals surface area contributed by atoms with Crippen LogP contribution < -0.4 is 14.0 Å². The normalized spacial score (nSPS) is 14.1. The number of aryl methyl sites for hydroxylation is 4. The van der Waals surface area contributed by atoms with Crippen LogP contribution in [0.3, 0.4) is 0 Å². The number of anilines is 1. The second kappa shape index (κ2) is 16.1. The maximum absolute atomic E-state index is 10.7. The zero-order valence-corrected chi connectivity index (χ0v) is 31.1. The van der Waals surface area contributed by atoms with Crippen molar-refractivity contribution in [1.82, 2.24) is 0 Å². The Labute approximate surface area is 314 Å². The Bertz CT molecular complexity index is 2430. The van der Waals surface area contributed by atoms with Gasteiger partial charge in [-0.3, -0.25) is 0 Å². The first kappa shape index (κ1) is 41.3. The highest BCUT2D eigenvalue weighted by Crippen LogP contribution is 2.39. The number of nitrogens with zero attached hydrogens (tertiary/aromatic N) is 3. The van der Waals surface area contributed by atoms with E-state index in [1.54, 1.807) is 0 Å². The largest absolute Gasteiger partial charge is 0.741 e. The van der Waals surface area contributed by atoms with Gasteiger partial charge in [0, 0.05) is 56.9 Å². The molecule has 4 heterocycles. The molecule has 0 atom stereocenters. The van der Waals surface area contributed by atoms with Crippen LogP contribution in [0.2, 0.25) is 0 Å². The van der Waals surface area contributed by atoms with E-state index in [2.05, 4.69) is 132 Å². The van der Waals surface area contributed by atoms with Crippen LogP contribution in [-0.2, 0) is 46.2 Å². The Morgan fingerprint density at radius 1 is 0.618 bits per heavy atom. The molecule has 0 unspecified atom stereocenters. The molecule has 0 fully saturated rings. The summed E-state index contributed by atoms with van der Waals surface area (Å²) >= 11 is 0. The molecule has 7 rings (SSSR count). The number of pyridine rings is 2. The maximum atomic E-state index is 10.7. The van der Waals surface area contributed by atoms with E-state index in [1.165, 1.54) is 74.1 Å². The summed E-state index contributed by atoms with van der Waals surface area (Å²) in [4.78, 5) is 2.15. The molecule has 2 aliphatic heterocycles. The molecule has 0 saturated heterocycles. The van der Waals surface area contributed by atoms with Crippen molar-refractivity contribution in [2.24, 2.45) is 0 Å². The monoisotopic (exact) mass is 807 g/mol. The second-order valence-electron chi connectivity index (χ2n) is 13.0. The van der Waals surface area contributed by atoms with Crippen LogP contribution in [0.1, 0.15) is 35.1 Å². The number of fused-ring (bicyclic) bond motifs is 8. The Kier molecular flexibility index (Phi) is 12.1. The zero-order valence-electron chi connectivity index (χ0n) is 29.4. The summed E-state index contributed by atoms with van der Waals surface area (Å²) in [6.45, 7) is 2.13. The van der Waals surface area contributed by atoms with E-state index in [0.717, 1.165) is 25.9 Å². The SMILES string of the molecule is CN(C)c1ccc2cc(/C=C/c3cc[n+]4c(c3)-c3c(ccc5c3-c3cccc[n+]3CCC5)CCC4)ccc2c1.O=S(=O)([O-])C(F)(F)F.O=S(=O)([O-])C(F)(F)F. The molecule has 0 aliphatic carbocycles. The summed E-state index contributed by atoms with van der Waals surface area (Å²) in [6, 6.07) is 29.5. The fraction of sp³-hybridized carbons (Fsp3) is 0.263. The topological polar surface area (TPSA) is 125 Å². The molecule has 17 heteroatoms. The van der Waals surface area contributed by atoms with Crippen molar-refractivity contribution in [2.45, 2.75) is 49.8 Å². The van der Waals surface area contributed by atoms with Gasteiger partial charge in [0.2, 0.25) is 11.4 Å². The van der Waals surface area contributed by atoms with Crippen molar-refractivity contribution in [1.29, 1.82) is 0 Å². The molecule has 2 aromatic heterocycles. The first-order chi connectivity index (χ1) is 25.6. The smallest absolute Gasteiger partial charge is 0.485 e. The fourth-order valence-corrected chi connectivity index (χ4v) is 6.35. The van der Waals surface area contributed by atoms with E-state index >= 15 is 0 Å². The third kappa shape index (κ3) is 9.89. The van der Waals surface area contributed by atoms with Gasteiger partial charge in [0.25, 0.3) is 0 Å². The van der Waals surface area contributed by atoms with Gasteiger partial charge in [0.05, 0.1) is 11.1 Å². The molecule has 292 valence electrons. The maximum Gasteiger partial charge on any atom is 0.485 e. The highest BCUT2D eigenvalue weighted by Gasteiger charge is 2.37. The van der Waals surface area contributed by atoms with Crippen molar-refractivity contribution in [3.05, 3.63) is 114 Å². The molecule has 0 spiro atoms.